The van der Waals surface area contributed by atoms with Gasteiger partial charge in [-0.15, -0.1) is 0 Å². The molecule has 29 heavy (non-hydrogen) atoms. The molecule has 0 spiro atoms. The fourth-order valence-electron chi connectivity index (χ4n) is 2.62. The van der Waals surface area contributed by atoms with E-state index in [2.05, 4.69) is 26.2 Å². The van der Waals surface area contributed by atoms with E-state index < -0.39 is 9.84 Å². The summed E-state index contributed by atoms with van der Waals surface area (Å²) < 4.78 is 51.1. The maximum atomic E-state index is 13.1. The quantitative estimate of drug-likeness (QED) is 0.407. The fourth-order valence-corrected chi connectivity index (χ4v) is 4.16. The summed E-state index contributed by atoms with van der Waals surface area (Å²) >= 11 is 3.29. The van der Waals surface area contributed by atoms with Crippen molar-refractivity contribution in [3.63, 3.8) is 0 Å². The number of rotatable bonds is 6. The maximum absolute atomic E-state index is 13.1. The summed E-state index contributed by atoms with van der Waals surface area (Å²) in [6.45, 7) is 0.218. The van der Waals surface area contributed by atoms with Crippen molar-refractivity contribution in [2.45, 2.75) is 16.5 Å². The molecule has 0 bridgehead atoms. The first-order valence-electron chi connectivity index (χ1n) is 8.47. The van der Waals surface area contributed by atoms with E-state index in [1.165, 1.54) is 30.5 Å². The second-order valence-corrected chi connectivity index (χ2v) is 8.85. The number of benzene rings is 2. The van der Waals surface area contributed by atoms with Gasteiger partial charge in [-0.1, -0.05) is 28.1 Å². The Morgan fingerprint density at radius 3 is 2.41 bits per heavy atom. The molecule has 9 heteroatoms. The topological polar surface area (TPSA) is 85.3 Å². The van der Waals surface area contributed by atoms with Crippen LogP contribution in [-0.4, -0.2) is 13.4 Å². The molecular formula is C20H14BrFN2O4S. The molecular weight excluding hydrogens is 463 g/mol. The highest BCUT2D eigenvalue weighted by atomic mass is 79.9. The van der Waals surface area contributed by atoms with Crippen LogP contribution < -0.4 is 5.32 Å². The summed E-state index contributed by atoms with van der Waals surface area (Å²) in [5, 5.41) is 2.68. The molecule has 0 atom stereocenters. The van der Waals surface area contributed by atoms with E-state index in [0.29, 0.717) is 5.76 Å². The monoisotopic (exact) mass is 476 g/mol. The predicted molar refractivity (Wildman–Crippen MR) is 108 cm³/mol. The van der Waals surface area contributed by atoms with Crippen molar-refractivity contribution < 1.29 is 21.6 Å². The van der Waals surface area contributed by atoms with Crippen LogP contribution in [0.4, 0.5) is 10.3 Å². The summed E-state index contributed by atoms with van der Waals surface area (Å²) in [6, 6.07) is 15.3. The van der Waals surface area contributed by atoms with E-state index in [-0.39, 0.29) is 34.1 Å². The molecule has 1 N–H and O–H groups in total. The number of aromatic nitrogens is 1. The number of anilines is 1. The average Bonchev–Trinajstić information content (AvgIpc) is 3.38. The van der Waals surface area contributed by atoms with E-state index in [1.807, 2.05) is 0 Å². The van der Waals surface area contributed by atoms with Gasteiger partial charge in [-0.25, -0.2) is 12.8 Å². The fraction of sp³-hybridized carbons (Fsp3) is 0.0500. The maximum Gasteiger partial charge on any atom is 0.266 e. The number of nitrogens with zero attached hydrogens (tertiary/aromatic N) is 1. The molecule has 0 unspecified atom stereocenters. The highest BCUT2D eigenvalue weighted by Gasteiger charge is 2.29. The first-order chi connectivity index (χ1) is 13.9. The van der Waals surface area contributed by atoms with Gasteiger partial charge in [-0.3, -0.25) is 0 Å². The first-order valence-corrected chi connectivity index (χ1v) is 10.7. The molecule has 0 aliphatic heterocycles. The minimum absolute atomic E-state index is 0.0244. The molecule has 2 aromatic carbocycles. The van der Waals surface area contributed by atoms with Crippen LogP contribution in [0.5, 0.6) is 0 Å². The van der Waals surface area contributed by atoms with Crippen molar-refractivity contribution in [3.05, 3.63) is 82.8 Å². The van der Waals surface area contributed by atoms with Crippen molar-refractivity contribution in [1.82, 2.24) is 4.98 Å². The molecule has 0 aliphatic carbocycles. The highest BCUT2D eigenvalue weighted by molar-refractivity contribution is 9.10. The lowest BCUT2D eigenvalue weighted by molar-refractivity contribution is 0.522. The molecule has 0 amide bonds. The normalized spacial score (nSPS) is 11.5. The van der Waals surface area contributed by atoms with Crippen molar-refractivity contribution >= 4 is 31.7 Å². The molecule has 2 aromatic heterocycles. The van der Waals surface area contributed by atoms with Gasteiger partial charge < -0.3 is 14.2 Å². The average molecular weight is 477 g/mol. The third kappa shape index (κ3) is 4.10. The number of sulfone groups is 1. The van der Waals surface area contributed by atoms with Crippen molar-refractivity contribution in [2.75, 3.05) is 5.32 Å². The third-order valence-electron chi connectivity index (χ3n) is 4.07. The largest absolute Gasteiger partial charge is 0.459 e. The Labute approximate surface area is 174 Å². The molecule has 0 aliphatic rings. The zero-order chi connectivity index (χ0) is 20.4. The molecule has 0 saturated heterocycles. The number of furan rings is 1. The van der Waals surface area contributed by atoms with Gasteiger partial charge in [0.2, 0.25) is 20.7 Å². The number of hydrogen-bond acceptors (Lipinski definition) is 6. The Morgan fingerprint density at radius 2 is 1.76 bits per heavy atom. The first kappa shape index (κ1) is 19.4. The van der Waals surface area contributed by atoms with Crippen molar-refractivity contribution in [1.29, 1.82) is 0 Å². The highest BCUT2D eigenvalue weighted by Crippen LogP contribution is 2.33. The van der Waals surface area contributed by atoms with Gasteiger partial charge in [0.15, 0.2) is 5.76 Å². The van der Waals surface area contributed by atoms with Crippen LogP contribution in [0.3, 0.4) is 0 Å². The molecule has 4 rings (SSSR count). The van der Waals surface area contributed by atoms with Gasteiger partial charge in [-0.2, -0.15) is 4.98 Å². The lowest BCUT2D eigenvalue weighted by atomic mass is 10.2. The molecule has 0 fully saturated rings. The zero-order valence-electron chi connectivity index (χ0n) is 14.8. The van der Waals surface area contributed by atoms with Crippen LogP contribution in [0.15, 0.2) is 90.2 Å². The van der Waals surface area contributed by atoms with Crippen LogP contribution in [0.2, 0.25) is 0 Å². The van der Waals surface area contributed by atoms with E-state index in [9.17, 15) is 12.8 Å². The van der Waals surface area contributed by atoms with Crippen molar-refractivity contribution in [2.24, 2.45) is 0 Å². The second-order valence-electron chi connectivity index (χ2n) is 6.07. The third-order valence-corrected chi connectivity index (χ3v) is 6.28. The lowest BCUT2D eigenvalue weighted by Gasteiger charge is -2.06. The Hall–Kier alpha value is -2.91. The Kier molecular flexibility index (Phi) is 5.25. The summed E-state index contributed by atoms with van der Waals surface area (Å²) in [4.78, 5) is 4.24. The number of oxazole rings is 1. The Morgan fingerprint density at radius 1 is 1.03 bits per heavy atom. The lowest BCUT2D eigenvalue weighted by Crippen LogP contribution is -2.07. The van der Waals surface area contributed by atoms with Crippen LogP contribution in [0.25, 0.3) is 11.7 Å². The van der Waals surface area contributed by atoms with Crippen LogP contribution in [-0.2, 0) is 16.4 Å². The predicted octanol–water partition coefficient (Wildman–Crippen LogP) is 5.28. The van der Waals surface area contributed by atoms with Gasteiger partial charge in [0.25, 0.3) is 5.89 Å². The molecule has 148 valence electrons. The van der Waals surface area contributed by atoms with Gasteiger partial charge in [0.1, 0.15) is 5.82 Å². The smallest absolute Gasteiger partial charge is 0.266 e. The summed E-state index contributed by atoms with van der Waals surface area (Å²) in [5.74, 6) is -0.0462. The number of nitrogens with one attached hydrogen (secondary N) is 1. The van der Waals surface area contributed by atoms with E-state index in [4.69, 9.17) is 8.83 Å². The van der Waals surface area contributed by atoms with Gasteiger partial charge in [-0.05, 0) is 54.1 Å². The summed E-state index contributed by atoms with van der Waals surface area (Å²) in [5.41, 5.74) is 0.745. The van der Waals surface area contributed by atoms with E-state index in [1.54, 1.807) is 36.4 Å². The van der Waals surface area contributed by atoms with Gasteiger partial charge in [0, 0.05) is 11.0 Å². The van der Waals surface area contributed by atoms with E-state index in [0.717, 1.165) is 10.0 Å². The van der Waals surface area contributed by atoms with Crippen LogP contribution in [0.1, 0.15) is 5.56 Å². The molecule has 0 radical (unpaired) electrons. The SMILES string of the molecule is O=S(=O)(c1ccc(Br)cc1)c1nc(-c2ccco2)oc1NCc1ccc(F)cc1. The zero-order valence-corrected chi connectivity index (χ0v) is 17.2. The number of halogens is 2. The van der Waals surface area contributed by atoms with Crippen LogP contribution in [0, 0.1) is 5.82 Å². The van der Waals surface area contributed by atoms with E-state index >= 15 is 0 Å². The van der Waals surface area contributed by atoms with Crippen LogP contribution >= 0.6 is 15.9 Å². The molecule has 0 saturated carbocycles. The van der Waals surface area contributed by atoms with Crippen molar-refractivity contribution in [3.8, 4) is 11.7 Å². The second kappa shape index (κ2) is 7.84. The van der Waals surface area contributed by atoms with Gasteiger partial charge >= 0.3 is 0 Å². The minimum atomic E-state index is -3.96. The molecule has 4 aromatic rings. The van der Waals surface area contributed by atoms with Gasteiger partial charge in [0.05, 0.1) is 11.2 Å². The standard InChI is InChI=1S/C20H14BrFN2O4S/c21-14-5-9-16(10-6-14)29(25,26)20-19(23-12-13-3-7-15(22)8-4-13)28-18(24-20)17-2-1-11-27-17/h1-11,23H,12H2. The Balaban J connectivity index is 1.73. The number of hydrogen-bond donors (Lipinski definition) is 1. The molecule has 2 heterocycles. The minimum Gasteiger partial charge on any atom is -0.459 e. The Bertz CT molecular complexity index is 1220. The molecule has 6 nitrogen and oxygen atoms in total. The summed E-state index contributed by atoms with van der Waals surface area (Å²) in [7, 11) is -3.96. The summed E-state index contributed by atoms with van der Waals surface area (Å²) in [6.07, 6.45) is 1.44.